The molecule has 1 aromatic heterocycles. The van der Waals surface area contributed by atoms with Crippen molar-refractivity contribution in [3.05, 3.63) is 48.5 Å². The van der Waals surface area contributed by atoms with Gasteiger partial charge in [-0.2, -0.15) is 0 Å². The van der Waals surface area contributed by atoms with E-state index in [1.165, 1.54) is 24.0 Å². The first-order chi connectivity index (χ1) is 24.6. The molecule has 56 heavy (non-hydrogen) atoms. The van der Waals surface area contributed by atoms with Gasteiger partial charge >= 0.3 is 0 Å². The molecule has 0 atom stereocenters. The lowest BCUT2D eigenvalue weighted by Gasteiger charge is -2.29. The molecule has 0 bridgehead atoms. The average molecular weight is 845 g/mol. The van der Waals surface area contributed by atoms with Gasteiger partial charge in [-0.3, -0.25) is 28.9 Å². The van der Waals surface area contributed by atoms with E-state index in [-0.39, 0.29) is 45.9 Å². The van der Waals surface area contributed by atoms with Gasteiger partial charge in [0.05, 0.1) is 4.75 Å². The van der Waals surface area contributed by atoms with Gasteiger partial charge in [-0.05, 0) is 113 Å². The van der Waals surface area contributed by atoms with Crippen LogP contribution < -0.4 is 10.6 Å². The lowest BCUT2D eigenvalue weighted by molar-refractivity contribution is -0.142. The standard InChI is InChI=1S/C9H13NS2.C8H11NO2.C7H15NO.C6H13NO.C6H12O2S.C6H12O/c1-9(2,3)12-11-8-6-4-5-7-10-8;1-8(2,3)9-6(10)4-5-7(9)11;1-5-6(9)8-7(2,3)4;1-5(8)7-6(2,3)4;1-5-9(7,8)6(2,3)4;1-5(7)6(2,3)4/h4-7H,1-3H3;4-5H,1-3H3;5H2,1-4H3,(H,8,9);1-4H3,(H,7,8);5H,1H2,2-4H3;1-4H3. The first-order valence-electron chi connectivity index (χ1n) is 18.4. The summed E-state index contributed by atoms with van der Waals surface area (Å²) in [6.45, 7) is 42.7. The number of aromatic nitrogens is 1. The third kappa shape index (κ3) is 35.4. The van der Waals surface area contributed by atoms with Gasteiger partial charge in [-0.1, -0.05) is 71.9 Å². The smallest absolute Gasteiger partial charge is 0.254 e. The van der Waals surface area contributed by atoms with E-state index < -0.39 is 20.1 Å². The summed E-state index contributed by atoms with van der Waals surface area (Å²) in [5, 5.41) is 7.65. The first kappa shape index (κ1) is 59.7. The Labute approximate surface area is 349 Å². The van der Waals surface area contributed by atoms with Crippen LogP contribution in [0.1, 0.15) is 152 Å². The molecule has 14 heteroatoms. The summed E-state index contributed by atoms with van der Waals surface area (Å²) in [6, 6.07) is 5.98. The van der Waals surface area contributed by atoms with Crippen LogP contribution in [0.15, 0.2) is 53.6 Å². The van der Waals surface area contributed by atoms with Gasteiger partial charge in [0.2, 0.25) is 11.8 Å². The largest absolute Gasteiger partial charge is 0.352 e. The van der Waals surface area contributed by atoms with Gasteiger partial charge in [0, 0.05) is 63.9 Å². The zero-order valence-corrected chi connectivity index (χ0v) is 40.9. The predicted molar refractivity (Wildman–Crippen MR) is 239 cm³/mol. The molecule has 2 heterocycles. The van der Waals surface area contributed by atoms with Crippen LogP contribution in [0.25, 0.3) is 0 Å². The Morgan fingerprint density at radius 2 is 1.18 bits per heavy atom. The van der Waals surface area contributed by atoms with Crippen LogP contribution in [0.2, 0.25) is 0 Å². The molecule has 0 fully saturated rings. The summed E-state index contributed by atoms with van der Waals surface area (Å²) in [4.78, 5) is 59.1. The van der Waals surface area contributed by atoms with Crippen LogP contribution in [0.3, 0.4) is 0 Å². The fourth-order valence-electron chi connectivity index (χ4n) is 2.91. The number of sulfone groups is 1. The van der Waals surface area contributed by atoms with Gasteiger partial charge < -0.3 is 10.6 Å². The number of hydrogen-bond donors (Lipinski definition) is 2. The Kier molecular flexibility index (Phi) is 27.1. The summed E-state index contributed by atoms with van der Waals surface area (Å²) in [7, 11) is 0.502. The third-order valence-electron chi connectivity index (χ3n) is 6.01. The van der Waals surface area contributed by atoms with E-state index in [0.717, 1.165) is 10.4 Å². The Bertz CT molecular complexity index is 1500. The van der Waals surface area contributed by atoms with E-state index in [2.05, 4.69) is 43.0 Å². The minimum atomic E-state index is -3.07. The topological polar surface area (TPSA) is 160 Å². The molecule has 0 saturated heterocycles. The molecule has 0 aliphatic carbocycles. The van der Waals surface area contributed by atoms with Crippen molar-refractivity contribution >= 4 is 60.8 Å². The van der Waals surface area contributed by atoms with Gasteiger partial charge in [-0.25, -0.2) is 13.4 Å². The number of imide groups is 1. The molecule has 1 aliphatic rings. The molecule has 0 spiro atoms. The van der Waals surface area contributed by atoms with Gasteiger partial charge in [0.15, 0.2) is 9.84 Å². The summed E-state index contributed by atoms with van der Waals surface area (Å²) < 4.78 is 21.4. The number of rotatable bonds is 4. The van der Waals surface area contributed by atoms with E-state index in [1.807, 2.05) is 125 Å². The number of ketones is 1. The number of carbonyl (C=O) groups is 5. The number of amides is 4. The van der Waals surface area contributed by atoms with Crippen molar-refractivity contribution in [1.82, 2.24) is 20.5 Å². The van der Waals surface area contributed by atoms with Crippen molar-refractivity contribution < 1.29 is 32.4 Å². The van der Waals surface area contributed by atoms with E-state index in [4.69, 9.17) is 0 Å². The van der Waals surface area contributed by atoms with Crippen molar-refractivity contribution in [3.63, 3.8) is 0 Å². The minimum absolute atomic E-state index is 0.0255. The summed E-state index contributed by atoms with van der Waals surface area (Å²) in [5.41, 5.74) is -0.698. The van der Waals surface area contributed by atoms with E-state index in [1.54, 1.807) is 38.5 Å². The van der Waals surface area contributed by atoms with E-state index >= 15 is 0 Å². The Morgan fingerprint density at radius 1 is 0.768 bits per heavy atom. The van der Waals surface area contributed by atoms with Crippen LogP contribution in [-0.4, -0.2) is 73.8 Å². The summed E-state index contributed by atoms with van der Waals surface area (Å²) in [5.74, 6) is -0.0579. The van der Waals surface area contributed by atoms with Gasteiger partial charge in [0.25, 0.3) is 11.8 Å². The zero-order chi connectivity index (χ0) is 45.7. The Morgan fingerprint density at radius 3 is 1.34 bits per heavy atom. The van der Waals surface area contributed by atoms with Crippen molar-refractivity contribution in [1.29, 1.82) is 0 Å². The number of nitrogens with zero attached hydrogens (tertiary/aromatic N) is 2. The highest BCUT2D eigenvalue weighted by molar-refractivity contribution is 8.77. The van der Waals surface area contributed by atoms with Crippen LogP contribution >= 0.6 is 21.6 Å². The third-order valence-corrected chi connectivity index (χ3v) is 11.4. The molecule has 11 nitrogen and oxygen atoms in total. The number of hydrogen-bond acceptors (Lipinski definition) is 10. The molecule has 4 amide bonds. The second kappa shape index (κ2) is 25.4. The van der Waals surface area contributed by atoms with Gasteiger partial charge in [-0.15, -0.1) is 0 Å². The molecule has 324 valence electrons. The van der Waals surface area contributed by atoms with Crippen molar-refractivity contribution in [2.45, 2.75) is 183 Å². The SMILES string of the molecule is C=CS(=O)(=O)C(C)(C)C.CC(=O)C(C)(C)C.CC(=O)NC(C)(C)C.CC(C)(C)N1C(=O)C=CC1=O.CC(C)(C)SSc1ccccn1.CCC(=O)NC(C)(C)C. The van der Waals surface area contributed by atoms with Crippen molar-refractivity contribution in [3.8, 4) is 0 Å². The maximum absolute atomic E-state index is 11.0. The van der Waals surface area contributed by atoms with Crippen LogP contribution in [-0.2, 0) is 33.8 Å². The molecule has 2 N–H and O–H groups in total. The number of nitrogens with one attached hydrogen (secondary N) is 2. The molecule has 0 radical (unpaired) electrons. The number of carbonyl (C=O) groups excluding carboxylic acids is 5. The van der Waals surface area contributed by atoms with Gasteiger partial charge in [0.1, 0.15) is 10.8 Å². The summed E-state index contributed by atoms with van der Waals surface area (Å²) in [6.07, 6.45) is 4.99. The molecule has 1 aromatic rings. The second-order valence-corrected chi connectivity index (χ2v) is 24.3. The lowest BCUT2D eigenvalue weighted by atomic mass is 9.92. The zero-order valence-electron chi connectivity index (χ0n) is 38.4. The quantitative estimate of drug-likeness (QED) is 0.221. The van der Waals surface area contributed by atoms with Crippen LogP contribution in [0.4, 0.5) is 0 Å². The molecular weight excluding hydrogens is 769 g/mol. The van der Waals surface area contributed by atoms with Crippen molar-refractivity contribution in [2.24, 2.45) is 5.41 Å². The molecular formula is C42H76N4O7S3. The molecule has 0 unspecified atom stereocenters. The van der Waals surface area contributed by atoms with E-state index in [9.17, 15) is 32.4 Å². The molecule has 2 rings (SSSR count). The minimum Gasteiger partial charge on any atom is -0.352 e. The lowest BCUT2D eigenvalue weighted by Crippen LogP contribution is -2.45. The number of Topliss-reactive ketones (excluding diaryl/α,β-unsaturated/α-hetero) is 1. The monoisotopic (exact) mass is 844 g/mol. The Hall–Kier alpha value is -2.97. The maximum Gasteiger partial charge on any atom is 0.254 e. The Balaban J connectivity index is -0.000000293. The highest BCUT2D eigenvalue weighted by atomic mass is 33.1. The highest BCUT2D eigenvalue weighted by Gasteiger charge is 2.33. The molecule has 0 aromatic carbocycles. The number of pyridine rings is 1. The molecule has 1 aliphatic heterocycles. The maximum atomic E-state index is 11.0. The van der Waals surface area contributed by atoms with Crippen LogP contribution in [0.5, 0.6) is 0 Å². The average Bonchev–Trinajstić information content (AvgIpc) is 3.32. The fourth-order valence-corrected chi connectivity index (χ4v) is 5.29. The van der Waals surface area contributed by atoms with Crippen LogP contribution in [0, 0.1) is 5.41 Å². The molecule has 0 saturated carbocycles. The summed E-state index contributed by atoms with van der Waals surface area (Å²) >= 11 is 0. The second-order valence-electron chi connectivity index (χ2n) is 18.7. The van der Waals surface area contributed by atoms with E-state index in [0.29, 0.717) is 11.2 Å². The first-order valence-corrected chi connectivity index (χ1v) is 22.1. The predicted octanol–water partition coefficient (Wildman–Crippen LogP) is 9.53. The highest BCUT2D eigenvalue weighted by Crippen LogP contribution is 2.39. The normalized spacial score (nSPS) is 13.0. The van der Waals surface area contributed by atoms with Crippen molar-refractivity contribution in [2.75, 3.05) is 0 Å². The fraction of sp³-hybridized carbons (Fsp3) is 0.667.